The molecule has 2 rings (SSSR count). The number of rotatable bonds is 5. The molecule has 1 N–H and O–H groups in total. The predicted molar refractivity (Wildman–Crippen MR) is 71.1 cm³/mol. The van der Waals surface area contributed by atoms with Crippen molar-refractivity contribution in [3.05, 3.63) is 47.2 Å². The summed E-state index contributed by atoms with van der Waals surface area (Å²) in [6.07, 6.45) is 2.31. The van der Waals surface area contributed by atoms with Crippen LogP contribution in [0.25, 0.3) is 0 Å². The molecule has 0 bridgehead atoms. The normalized spacial score (nSPS) is 10.8. The smallest absolute Gasteiger partial charge is 0.225 e. The van der Waals surface area contributed by atoms with Gasteiger partial charge >= 0.3 is 0 Å². The third kappa shape index (κ3) is 3.44. The second-order valence-electron chi connectivity index (χ2n) is 4.64. The summed E-state index contributed by atoms with van der Waals surface area (Å²) in [6, 6.07) is 1.56. The maximum Gasteiger partial charge on any atom is 0.225 e. The van der Waals surface area contributed by atoms with Crippen LogP contribution < -0.4 is 5.32 Å². The molecule has 0 atom stereocenters. The topological polar surface area (TPSA) is 46.9 Å². The lowest BCUT2D eigenvalue weighted by molar-refractivity contribution is -0.116. The lowest BCUT2D eigenvalue weighted by atomic mass is 10.2. The maximum absolute atomic E-state index is 13.6. The molecule has 4 nitrogen and oxygen atoms in total. The van der Waals surface area contributed by atoms with E-state index in [0.29, 0.717) is 12.8 Å². The van der Waals surface area contributed by atoms with E-state index in [1.807, 2.05) is 6.92 Å². The van der Waals surface area contributed by atoms with Gasteiger partial charge in [0, 0.05) is 24.8 Å². The molecule has 0 aliphatic heterocycles. The summed E-state index contributed by atoms with van der Waals surface area (Å²) >= 11 is 0. The molecule has 22 heavy (non-hydrogen) atoms. The van der Waals surface area contributed by atoms with E-state index in [1.54, 1.807) is 0 Å². The molecule has 118 valence electrons. The molecule has 0 unspecified atom stereocenters. The van der Waals surface area contributed by atoms with Crippen LogP contribution in [0.3, 0.4) is 0 Å². The molecule has 8 heteroatoms. The zero-order valence-corrected chi connectivity index (χ0v) is 11.7. The molecule has 1 amide bonds. The third-order valence-electron chi connectivity index (χ3n) is 2.91. The van der Waals surface area contributed by atoms with E-state index in [-0.39, 0.29) is 17.8 Å². The SMILES string of the molecule is CCCC(=O)Nc1ccn(Cc2c(F)c(F)cc(F)c2F)n1. The van der Waals surface area contributed by atoms with Crippen molar-refractivity contribution in [1.29, 1.82) is 0 Å². The van der Waals surface area contributed by atoms with Crippen LogP contribution in [0, 0.1) is 23.3 Å². The minimum atomic E-state index is -1.47. The van der Waals surface area contributed by atoms with Crippen molar-refractivity contribution in [2.45, 2.75) is 26.3 Å². The molecular formula is C14H13F4N3O. The molecule has 1 heterocycles. The van der Waals surface area contributed by atoms with Crippen LogP contribution in [0.4, 0.5) is 23.4 Å². The van der Waals surface area contributed by atoms with Crippen molar-refractivity contribution in [2.24, 2.45) is 0 Å². The van der Waals surface area contributed by atoms with Gasteiger partial charge in [-0.2, -0.15) is 5.10 Å². The monoisotopic (exact) mass is 315 g/mol. The van der Waals surface area contributed by atoms with Gasteiger partial charge in [0.05, 0.1) is 12.1 Å². The summed E-state index contributed by atoms with van der Waals surface area (Å²) in [5, 5.41) is 6.37. The first-order chi connectivity index (χ1) is 10.4. The van der Waals surface area contributed by atoms with Gasteiger partial charge in [-0.3, -0.25) is 9.48 Å². The van der Waals surface area contributed by atoms with Crippen molar-refractivity contribution >= 4 is 11.7 Å². The fourth-order valence-corrected chi connectivity index (χ4v) is 1.87. The van der Waals surface area contributed by atoms with Crippen LogP contribution in [-0.2, 0) is 11.3 Å². The zero-order chi connectivity index (χ0) is 16.3. The van der Waals surface area contributed by atoms with Crippen LogP contribution in [0.15, 0.2) is 18.3 Å². The molecule has 0 radical (unpaired) electrons. The van der Waals surface area contributed by atoms with E-state index < -0.39 is 35.4 Å². The second kappa shape index (κ2) is 6.59. The van der Waals surface area contributed by atoms with Gasteiger partial charge in [-0.1, -0.05) is 6.92 Å². The third-order valence-corrected chi connectivity index (χ3v) is 2.91. The Labute approximate surface area is 123 Å². The number of halogens is 4. The van der Waals surface area contributed by atoms with Crippen LogP contribution in [0.5, 0.6) is 0 Å². The molecule has 0 fully saturated rings. The Bertz CT molecular complexity index is 673. The number of hydrogen-bond donors (Lipinski definition) is 1. The van der Waals surface area contributed by atoms with E-state index in [0.717, 1.165) is 4.68 Å². The first-order valence-electron chi connectivity index (χ1n) is 6.57. The van der Waals surface area contributed by atoms with Crippen molar-refractivity contribution in [3.8, 4) is 0 Å². The van der Waals surface area contributed by atoms with Gasteiger partial charge in [-0.25, -0.2) is 17.6 Å². The fourth-order valence-electron chi connectivity index (χ4n) is 1.87. The van der Waals surface area contributed by atoms with Crippen molar-refractivity contribution in [1.82, 2.24) is 9.78 Å². The fraction of sp³-hybridized carbons (Fsp3) is 0.286. The van der Waals surface area contributed by atoms with Gasteiger partial charge in [-0.05, 0) is 6.42 Å². The van der Waals surface area contributed by atoms with Gasteiger partial charge in [-0.15, -0.1) is 0 Å². The summed E-state index contributed by atoms with van der Waals surface area (Å²) in [7, 11) is 0. The average molecular weight is 315 g/mol. The van der Waals surface area contributed by atoms with Gasteiger partial charge in [0.25, 0.3) is 0 Å². The molecule has 0 saturated carbocycles. The number of carbonyl (C=O) groups is 1. The molecule has 0 aliphatic carbocycles. The van der Waals surface area contributed by atoms with Crippen molar-refractivity contribution < 1.29 is 22.4 Å². The first kappa shape index (κ1) is 16.0. The first-order valence-corrected chi connectivity index (χ1v) is 6.57. The van der Waals surface area contributed by atoms with Crippen LogP contribution >= 0.6 is 0 Å². The van der Waals surface area contributed by atoms with Gasteiger partial charge < -0.3 is 5.32 Å². The Balaban J connectivity index is 2.19. The Morgan fingerprint density at radius 3 is 2.45 bits per heavy atom. The summed E-state index contributed by atoms with van der Waals surface area (Å²) in [4.78, 5) is 11.4. The highest BCUT2D eigenvalue weighted by Gasteiger charge is 2.19. The molecule has 2 aromatic rings. The molecule has 0 spiro atoms. The second-order valence-corrected chi connectivity index (χ2v) is 4.64. The maximum atomic E-state index is 13.6. The van der Waals surface area contributed by atoms with E-state index >= 15 is 0 Å². The number of anilines is 1. The Hall–Kier alpha value is -2.38. The summed E-state index contributed by atoms with van der Waals surface area (Å²) in [6.45, 7) is 1.33. The number of aromatic nitrogens is 2. The zero-order valence-electron chi connectivity index (χ0n) is 11.7. The number of benzene rings is 1. The minimum Gasteiger partial charge on any atom is -0.309 e. The van der Waals surface area contributed by atoms with E-state index in [9.17, 15) is 22.4 Å². The number of hydrogen-bond acceptors (Lipinski definition) is 2. The van der Waals surface area contributed by atoms with Crippen molar-refractivity contribution in [2.75, 3.05) is 5.32 Å². The predicted octanol–water partition coefficient (Wildman–Crippen LogP) is 3.23. The lowest BCUT2D eigenvalue weighted by Crippen LogP contribution is -2.12. The molecule has 1 aromatic carbocycles. The minimum absolute atomic E-state index is 0.146. The van der Waals surface area contributed by atoms with Gasteiger partial charge in [0.1, 0.15) is 0 Å². The van der Waals surface area contributed by atoms with E-state index in [2.05, 4.69) is 10.4 Å². The summed E-state index contributed by atoms with van der Waals surface area (Å²) in [5.41, 5.74) is -0.771. The Morgan fingerprint density at radius 2 is 1.86 bits per heavy atom. The number of amides is 1. The number of nitrogens with zero attached hydrogens (tertiary/aromatic N) is 2. The van der Waals surface area contributed by atoms with Crippen LogP contribution in [0.2, 0.25) is 0 Å². The van der Waals surface area contributed by atoms with E-state index in [1.165, 1.54) is 12.3 Å². The Kier molecular flexibility index (Phi) is 4.79. The Morgan fingerprint density at radius 1 is 1.23 bits per heavy atom. The lowest BCUT2D eigenvalue weighted by Gasteiger charge is -2.07. The molecule has 0 aliphatic rings. The van der Waals surface area contributed by atoms with Crippen molar-refractivity contribution in [3.63, 3.8) is 0 Å². The quantitative estimate of drug-likeness (QED) is 0.680. The largest absolute Gasteiger partial charge is 0.309 e. The average Bonchev–Trinajstić information content (AvgIpc) is 2.89. The molecule has 0 saturated heterocycles. The standard InChI is InChI=1S/C14H13F4N3O/c1-2-3-12(22)19-11-4-5-21(20-11)7-8-13(17)9(15)6-10(16)14(8)18/h4-6H,2-3,7H2,1H3,(H,19,20,22). The number of carbonyl (C=O) groups excluding carboxylic acids is 1. The van der Waals surface area contributed by atoms with Gasteiger partial charge in [0.2, 0.25) is 5.91 Å². The summed E-state index contributed by atoms with van der Waals surface area (Å²) < 4.78 is 54.4. The van der Waals surface area contributed by atoms with Crippen LogP contribution in [0.1, 0.15) is 25.3 Å². The highest BCUT2D eigenvalue weighted by atomic mass is 19.2. The molecular weight excluding hydrogens is 302 g/mol. The highest BCUT2D eigenvalue weighted by molar-refractivity contribution is 5.89. The summed E-state index contributed by atoms with van der Waals surface area (Å²) in [5.74, 6) is -5.94. The van der Waals surface area contributed by atoms with Crippen LogP contribution in [-0.4, -0.2) is 15.7 Å². The molecule has 1 aromatic heterocycles. The highest BCUT2D eigenvalue weighted by Crippen LogP contribution is 2.20. The number of nitrogens with one attached hydrogen (secondary N) is 1. The van der Waals surface area contributed by atoms with Gasteiger partial charge in [0.15, 0.2) is 29.1 Å². The van der Waals surface area contributed by atoms with E-state index in [4.69, 9.17) is 0 Å².